The maximum absolute atomic E-state index is 5.59. The Labute approximate surface area is 112 Å². The van der Waals surface area contributed by atoms with Crippen molar-refractivity contribution in [2.24, 2.45) is 0 Å². The van der Waals surface area contributed by atoms with Crippen molar-refractivity contribution in [1.29, 1.82) is 0 Å². The fraction of sp³-hybridized carbons (Fsp3) is 0.188. The Morgan fingerprint density at radius 2 is 2.05 bits per heavy atom. The van der Waals surface area contributed by atoms with Gasteiger partial charge in [0.2, 0.25) is 0 Å². The van der Waals surface area contributed by atoms with E-state index in [1.165, 1.54) is 0 Å². The lowest BCUT2D eigenvalue weighted by Crippen LogP contribution is -2.18. The number of rotatable bonds is 3. The van der Waals surface area contributed by atoms with Gasteiger partial charge in [0.1, 0.15) is 5.76 Å². The standard InChI is InChI=1S/C16H16N2O/c1-11-7-8-19-16(11)15(17-2)13-9-12-5-3-4-6-14(12)18-10-13/h3-10,15,17H,1-2H3. The lowest BCUT2D eigenvalue weighted by Gasteiger charge is -2.15. The van der Waals surface area contributed by atoms with Crippen molar-refractivity contribution in [2.75, 3.05) is 7.05 Å². The van der Waals surface area contributed by atoms with Crippen molar-refractivity contribution in [2.45, 2.75) is 13.0 Å². The Bertz CT molecular complexity index is 703. The fourth-order valence-electron chi connectivity index (χ4n) is 2.38. The van der Waals surface area contributed by atoms with Crippen LogP contribution in [-0.4, -0.2) is 12.0 Å². The van der Waals surface area contributed by atoms with Crippen molar-refractivity contribution in [1.82, 2.24) is 10.3 Å². The van der Waals surface area contributed by atoms with E-state index in [1.807, 2.05) is 37.5 Å². The lowest BCUT2D eigenvalue weighted by molar-refractivity contribution is 0.460. The van der Waals surface area contributed by atoms with Crippen LogP contribution in [0, 0.1) is 6.92 Å². The Morgan fingerprint density at radius 1 is 1.21 bits per heavy atom. The molecule has 0 bridgehead atoms. The summed E-state index contributed by atoms with van der Waals surface area (Å²) >= 11 is 0. The number of fused-ring (bicyclic) bond motifs is 1. The molecule has 0 radical (unpaired) electrons. The molecule has 1 atom stereocenters. The molecular formula is C16H16N2O. The largest absolute Gasteiger partial charge is 0.467 e. The molecule has 3 rings (SSSR count). The van der Waals surface area contributed by atoms with Gasteiger partial charge in [-0.05, 0) is 43.3 Å². The molecule has 2 aromatic heterocycles. The molecule has 96 valence electrons. The smallest absolute Gasteiger partial charge is 0.128 e. The van der Waals surface area contributed by atoms with Crippen LogP contribution in [0.1, 0.15) is 22.9 Å². The molecule has 0 aliphatic rings. The molecule has 0 fully saturated rings. The highest BCUT2D eigenvalue weighted by molar-refractivity contribution is 5.78. The van der Waals surface area contributed by atoms with Crippen LogP contribution in [0.2, 0.25) is 0 Å². The van der Waals surface area contributed by atoms with E-state index in [2.05, 4.69) is 29.4 Å². The summed E-state index contributed by atoms with van der Waals surface area (Å²) in [5, 5.41) is 4.44. The predicted molar refractivity (Wildman–Crippen MR) is 76.1 cm³/mol. The number of nitrogens with zero attached hydrogens (tertiary/aromatic N) is 1. The SMILES string of the molecule is CNC(c1cnc2ccccc2c1)c1occc1C. The molecule has 3 aromatic rings. The van der Waals surface area contributed by atoms with Crippen LogP contribution < -0.4 is 5.32 Å². The molecule has 0 aliphatic carbocycles. The van der Waals surface area contributed by atoms with Crippen LogP contribution >= 0.6 is 0 Å². The van der Waals surface area contributed by atoms with Crippen LogP contribution in [0.25, 0.3) is 10.9 Å². The van der Waals surface area contributed by atoms with Gasteiger partial charge in [0.15, 0.2) is 0 Å². The first-order chi connectivity index (χ1) is 9.29. The van der Waals surface area contributed by atoms with E-state index in [0.29, 0.717) is 0 Å². The topological polar surface area (TPSA) is 38.1 Å². The maximum atomic E-state index is 5.59. The van der Waals surface area contributed by atoms with E-state index in [-0.39, 0.29) is 6.04 Å². The van der Waals surface area contributed by atoms with E-state index >= 15 is 0 Å². The van der Waals surface area contributed by atoms with Gasteiger partial charge in [0.25, 0.3) is 0 Å². The molecule has 0 spiro atoms. The van der Waals surface area contributed by atoms with Crippen molar-refractivity contribution in [3.05, 3.63) is 65.7 Å². The summed E-state index contributed by atoms with van der Waals surface area (Å²) in [5.41, 5.74) is 3.27. The average molecular weight is 252 g/mol. The summed E-state index contributed by atoms with van der Waals surface area (Å²) in [6.45, 7) is 2.05. The number of benzene rings is 1. The van der Waals surface area contributed by atoms with Crippen molar-refractivity contribution in [3.8, 4) is 0 Å². The second-order valence-electron chi connectivity index (χ2n) is 4.65. The Balaban J connectivity index is 2.09. The highest BCUT2D eigenvalue weighted by atomic mass is 16.3. The van der Waals surface area contributed by atoms with Gasteiger partial charge in [-0.3, -0.25) is 4.98 Å². The second kappa shape index (κ2) is 4.86. The maximum Gasteiger partial charge on any atom is 0.128 e. The number of para-hydroxylation sites is 1. The summed E-state index contributed by atoms with van der Waals surface area (Å²) in [4.78, 5) is 4.51. The molecule has 1 unspecified atom stereocenters. The molecule has 0 amide bonds. The van der Waals surface area contributed by atoms with Crippen LogP contribution in [0.3, 0.4) is 0 Å². The second-order valence-corrected chi connectivity index (χ2v) is 4.65. The number of pyridine rings is 1. The molecule has 3 nitrogen and oxygen atoms in total. The average Bonchev–Trinajstić information content (AvgIpc) is 2.86. The molecule has 0 saturated heterocycles. The van der Waals surface area contributed by atoms with Gasteiger partial charge in [-0.1, -0.05) is 18.2 Å². The Morgan fingerprint density at radius 3 is 2.79 bits per heavy atom. The monoisotopic (exact) mass is 252 g/mol. The first kappa shape index (κ1) is 11.9. The van der Waals surface area contributed by atoms with E-state index in [4.69, 9.17) is 4.42 Å². The van der Waals surface area contributed by atoms with E-state index < -0.39 is 0 Å². The highest BCUT2D eigenvalue weighted by Crippen LogP contribution is 2.26. The summed E-state index contributed by atoms with van der Waals surface area (Å²) in [6, 6.07) is 12.3. The minimum atomic E-state index is 0.0344. The van der Waals surface area contributed by atoms with Gasteiger partial charge in [0, 0.05) is 11.6 Å². The number of nitrogens with one attached hydrogen (secondary N) is 1. The zero-order chi connectivity index (χ0) is 13.2. The summed E-state index contributed by atoms with van der Waals surface area (Å²) in [6.07, 6.45) is 3.63. The normalized spacial score (nSPS) is 12.7. The number of aryl methyl sites for hydroxylation is 1. The van der Waals surface area contributed by atoms with Crippen molar-refractivity contribution >= 4 is 10.9 Å². The Hall–Kier alpha value is -2.13. The number of hydrogen-bond acceptors (Lipinski definition) is 3. The molecule has 1 N–H and O–H groups in total. The quantitative estimate of drug-likeness (QED) is 0.776. The predicted octanol–water partition coefficient (Wildman–Crippen LogP) is 3.45. The number of furan rings is 1. The van der Waals surface area contributed by atoms with E-state index in [0.717, 1.165) is 27.8 Å². The van der Waals surface area contributed by atoms with Gasteiger partial charge in [-0.15, -0.1) is 0 Å². The zero-order valence-electron chi connectivity index (χ0n) is 11.1. The van der Waals surface area contributed by atoms with Crippen LogP contribution in [0.15, 0.2) is 53.3 Å². The molecule has 1 aromatic carbocycles. The Kier molecular flexibility index (Phi) is 3.05. The van der Waals surface area contributed by atoms with Crippen LogP contribution in [0.4, 0.5) is 0 Å². The fourth-order valence-corrected chi connectivity index (χ4v) is 2.38. The third-order valence-electron chi connectivity index (χ3n) is 3.40. The van der Waals surface area contributed by atoms with Crippen LogP contribution in [-0.2, 0) is 0 Å². The zero-order valence-corrected chi connectivity index (χ0v) is 11.1. The molecule has 2 heterocycles. The molecule has 19 heavy (non-hydrogen) atoms. The van der Waals surface area contributed by atoms with E-state index in [9.17, 15) is 0 Å². The summed E-state index contributed by atoms with van der Waals surface area (Å²) < 4.78 is 5.59. The highest BCUT2D eigenvalue weighted by Gasteiger charge is 2.18. The molecule has 3 heteroatoms. The summed E-state index contributed by atoms with van der Waals surface area (Å²) in [5.74, 6) is 0.944. The lowest BCUT2D eigenvalue weighted by atomic mass is 10.0. The molecule has 0 aliphatic heterocycles. The van der Waals surface area contributed by atoms with Crippen molar-refractivity contribution in [3.63, 3.8) is 0 Å². The first-order valence-corrected chi connectivity index (χ1v) is 6.35. The minimum absolute atomic E-state index is 0.0344. The molecular weight excluding hydrogens is 236 g/mol. The van der Waals surface area contributed by atoms with Crippen LogP contribution in [0.5, 0.6) is 0 Å². The third-order valence-corrected chi connectivity index (χ3v) is 3.40. The van der Waals surface area contributed by atoms with Crippen molar-refractivity contribution < 1.29 is 4.42 Å². The first-order valence-electron chi connectivity index (χ1n) is 6.35. The number of hydrogen-bond donors (Lipinski definition) is 1. The van der Waals surface area contributed by atoms with Gasteiger partial charge >= 0.3 is 0 Å². The third kappa shape index (κ3) is 2.13. The van der Waals surface area contributed by atoms with Gasteiger partial charge < -0.3 is 9.73 Å². The van der Waals surface area contributed by atoms with Gasteiger partial charge in [-0.2, -0.15) is 0 Å². The summed E-state index contributed by atoms with van der Waals surface area (Å²) in [7, 11) is 1.93. The number of aromatic nitrogens is 1. The minimum Gasteiger partial charge on any atom is -0.467 e. The van der Waals surface area contributed by atoms with E-state index in [1.54, 1.807) is 6.26 Å². The molecule has 0 saturated carbocycles. The van der Waals surface area contributed by atoms with Gasteiger partial charge in [0.05, 0.1) is 17.8 Å². The van der Waals surface area contributed by atoms with Gasteiger partial charge in [-0.25, -0.2) is 0 Å².